The third-order valence-corrected chi connectivity index (χ3v) is 2.06. The van der Waals surface area contributed by atoms with Crippen LogP contribution in [0.5, 0.6) is 0 Å². The Morgan fingerprint density at radius 2 is 2.00 bits per heavy atom. The summed E-state index contributed by atoms with van der Waals surface area (Å²) < 4.78 is 36.2. The molecule has 1 nitrogen and oxygen atoms in total. The quantitative estimate of drug-likeness (QED) is 0.581. The van der Waals surface area contributed by atoms with Crippen molar-refractivity contribution in [2.24, 2.45) is 5.92 Å². The molecule has 1 rings (SSSR count). The van der Waals surface area contributed by atoms with Crippen molar-refractivity contribution in [3.05, 3.63) is 0 Å². The van der Waals surface area contributed by atoms with Crippen LogP contribution in [-0.2, 0) is 0 Å². The van der Waals surface area contributed by atoms with Gasteiger partial charge in [0.25, 0.3) is 0 Å². The Labute approximate surface area is 64.0 Å². The zero-order valence-electron chi connectivity index (χ0n) is 6.41. The predicted molar refractivity (Wildman–Crippen MR) is 36.2 cm³/mol. The molecule has 0 amide bonds. The number of nitrogens with one attached hydrogen (secondary N) is 1. The van der Waals surface area contributed by atoms with Crippen LogP contribution in [0, 0.1) is 5.92 Å². The van der Waals surface area contributed by atoms with Gasteiger partial charge in [-0.05, 0) is 25.3 Å². The Bertz CT molecular complexity index is 132. The summed E-state index contributed by atoms with van der Waals surface area (Å²) in [6.07, 6.45) is -2.98. The summed E-state index contributed by atoms with van der Waals surface area (Å²) in [7, 11) is 0. The second-order valence-electron chi connectivity index (χ2n) is 3.18. The molecule has 0 aromatic heterocycles. The van der Waals surface area contributed by atoms with E-state index >= 15 is 0 Å². The van der Waals surface area contributed by atoms with E-state index in [1.807, 2.05) is 6.92 Å². The average molecular weight is 167 g/mol. The molecule has 0 radical (unpaired) electrons. The van der Waals surface area contributed by atoms with Gasteiger partial charge in [0, 0.05) is 0 Å². The van der Waals surface area contributed by atoms with Gasteiger partial charge in [-0.3, -0.25) is 0 Å². The van der Waals surface area contributed by atoms with Crippen LogP contribution in [0.2, 0.25) is 0 Å². The molecule has 2 atom stereocenters. The summed E-state index contributed by atoms with van der Waals surface area (Å²) in [6, 6.07) is -1.27. The molecule has 0 aromatic rings. The highest BCUT2D eigenvalue weighted by Crippen LogP contribution is 2.28. The van der Waals surface area contributed by atoms with Crippen molar-refractivity contribution in [2.75, 3.05) is 6.54 Å². The first-order valence-electron chi connectivity index (χ1n) is 3.80. The van der Waals surface area contributed by atoms with Crippen LogP contribution in [0.25, 0.3) is 0 Å². The SMILES string of the molecule is C[C@H]1CCN[C@H](C(F)(F)F)C1. The summed E-state index contributed by atoms with van der Waals surface area (Å²) in [5.74, 6) is 0.197. The Kier molecular flexibility index (Phi) is 2.42. The largest absolute Gasteiger partial charge is 0.403 e. The number of hydrogen-bond acceptors (Lipinski definition) is 1. The first-order valence-corrected chi connectivity index (χ1v) is 3.80. The van der Waals surface area contributed by atoms with Crippen LogP contribution in [0.15, 0.2) is 0 Å². The molecule has 1 N–H and O–H groups in total. The lowest BCUT2D eigenvalue weighted by atomic mass is 9.94. The zero-order chi connectivity index (χ0) is 8.48. The molecule has 4 heteroatoms. The van der Waals surface area contributed by atoms with Gasteiger partial charge >= 0.3 is 6.18 Å². The molecule has 1 aliphatic heterocycles. The van der Waals surface area contributed by atoms with E-state index in [1.165, 1.54) is 0 Å². The Morgan fingerprint density at radius 1 is 1.36 bits per heavy atom. The average Bonchev–Trinajstić information content (AvgIpc) is 1.86. The van der Waals surface area contributed by atoms with E-state index in [4.69, 9.17) is 0 Å². The molecule has 66 valence electrons. The monoisotopic (exact) mass is 167 g/mol. The van der Waals surface area contributed by atoms with Gasteiger partial charge < -0.3 is 5.32 Å². The van der Waals surface area contributed by atoms with Gasteiger partial charge in [-0.25, -0.2) is 0 Å². The molecule has 11 heavy (non-hydrogen) atoms. The molecule has 0 saturated carbocycles. The molecular formula is C7H12F3N. The number of hydrogen-bond donors (Lipinski definition) is 1. The van der Waals surface area contributed by atoms with Gasteiger partial charge in [0.1, 0.15) is 6.04 Å². The fourth-order valence-corrected chi connectivity index (χ4v) is 1.36. The van der Waals surface area contributed by atoms with Crippen molar-refractivity contribution in [1.29, 1.82) is 0 Å². The predicted octanol–water partition coefficient (Wildman–Crippen LogP) is 1.94. The molecule has 1 heterocycles. The van der Waals surface area contributed by atoms with E-state index in [-0.39, 0.29) is 12.3 Å². The summed E-state index contributed by atoms with van der Waals surface area (Å²) in [6.45, 7) is 2.35. The Balaban J connectivity index is 2.46. The van der Waals surface area contributed by atoms with Crippen LogP contribution in [0.4, 0.5) is 13.2 Å². The second-order valence-corrected chi connectivity index (χ2v) is 3.18. The zero-order valence-corrected chi connectivity index (χ0v) is 6.41. The van der Waals surface area contributed by atoms with Gasteiger partial charge in [0.2, 0.25) is 0 Å². The van der Waals surface area contributed by atoms with Gasteiger partial charge in [0.15, 0.2) is 0 Å². The molecule has 1 fully saturated rings. The Hall–Kier alpha value is -0.250. The summed E-state index contributed by atoms with van der Waals surface area (Å²) >= 11 is 0. The molecular weight excluding hydrogens is 155 g/mol. The Morgan fingerprint density at radius 3 is 2.36 bits per heavy atom. The standard InChI is InChI=1S/C7H12F3N/c1-5-2-3-11-6(4-5)7(8,9)10/h5-6,11H,2-4H2,1H3/t5-,6-/m0/s1. The van der Waals surface area contributed by atoms with E-state index in [9.17, 15) is 13.2 Å². The molecule has 0 spiro atoms. The lowest BCUT2D eigenvalue weighted by Crippen LogP contribution is -2.47. The van der Waals surface area contributed by atoms with Crippen LogP contribution in [-0.4, -0.2) is 18.8 Å². The highest BCUT2D eigenvalue weighted by molar-refractivity contribution is 4.81. The summed E-state index contributed by atoms with van der Waals surface area (Å²) in [5.41, 5.74) is 0. The second kappa shape index (κ2) is 3.01. The van der Waals surface area contributed by atoms with Crippen LogP contribution in [0.3, 0.4) is 0 Å². The number of piperidine rings is 1. The minimum Gasteiger partial charge on any atom is -0.306 e. The van der Waals surface area contributed by atoms with Crippen molar-refractivity contribution in [3.63, 3.8) is 0 Å². The van der Waals surface area contributed by atoms with Crippen LogP contribution in [0.1, 0.15) is 19.8 Å². The lowest BCUT2D eigenvalue weighted by molar-refractivity contribution is -0.163. The first kappa shape index (κ1) is 8.84. The third kappa shape index (κ3) is 2.36. The maximum absolute atomic E-state index is 12.1. The van der Waals surface area contributed by atoms with E-state index in [0.29, 0.717) is 6.54 Å². The van der Waals surface area contributed by atoms with E-state index < -0.39 is 12.2 Å². The van der Waals surface area contributed by atoms with Crippen molar-refractivity contribution in [2.45, 2.75) is 32.0 Å². The lowest BCUT2D eigenvalue weighted by Gasteiger charge is -2.29. The molecule has 0 aromatic carbocycles. The van der Waals surface area contributed by atoms with E-state index in [1.54, 1.807) is 0 Å². The van der Waals surface area contributed by atoms with Gasteiger partial charge in [-0.15, -0.1) is 0 Å². The number of halogens is 3. The van der Waals surface area contributed by atoms with Crippen LogP contribution < -0.4 is 5.32 Å². The minimum absolute atomic E-state index is 0.197. The maximum atomic E-state index is 12.1. The first-order chi connectivity index (χ1) is 5.00. The minimum atomic E-state index is -4.06. The number of rotatable bonds is 0. The van der Waals surface area contributed by atoms with Crippen molar-refractivity contribution in [1.82, 2.24) is 5.32 Å². The van der Waals surface area contributed by atoms with Crippen molar-refractivity contribution >= 4 is 0 Å². The normalized spacial score (nSPS) is 33.8. The topological polar surface area (TPSA) is 12.0 Å². The smallest absolute Gasteiger partial charge is 0.306 e. The van der Waals surface area contributed by atoms with Crippen LogP contribution >= 0.6 is 0 Å². The highest BCUT2D eigenvalue weighted by Gasteiger charge is 2.41. The third-order valence-electron chi connectivity index (χ3n) is 2.06. The van der Waals surface area contributed by atoms with E-state index in [0.717, 1.165) is 6.42 Å². The molecule has 1 aliphatic rings. The summed E-state index contributed by atoms with van der Waals surface area (Å²) in [4.78, 5) is 0. The fourth-order valence-electron chi connectivity index (χ4n) is 1.36. The van der Waals surface area contributed by atoms with Crippen molar-refractivity contribution < 1.29 is 13.2 Å². The summed E-state index contributed by atoms with van der Waals surface area (Å²) in [5, 5.41) is 2.46. The van der Waals surface area contributed by atoms with Gasteiger partial charge in [-0.2, -0.15) is 13.2 Å². The molecule has 0 unspecified atom stereocenters. The number of alkyl halides is 3. The molecule has 0 aliphatic carbocycles. The van der Waals surface area contributed by atoms with Crippen molar-refractivity contribution in [3.8, 4) is 0 Å². The fraction of sp³-hybridized carbons (Fsp3) is 1.00. The highest BCUT2D eigenvalue weighted by atomic mass is 19.4. The van der Waals surface area contributed by atoms with Gasteiger partial charge in [-0.1, -0.05) is 6.92 Å². The molecule has 0 bridgehead atoms. The molecule has 1 saturated heterocycles. The maximum Gasteiger partial charge on any atom is 0.403 e. The van der Waals surface area contributed by atoms with Gasteiger partial charge in [0.05, 0.1) is 0 Å². The van der Waals surface area contributed by atoms with E-state index in [2.05, 4.69) is 5.32 Å².